The van der Waals surface area contributed by atoms with E-state index in [2.05, 4.69) is 5.32 Å². The van der Waals surface area contributed by atoms with E-state index in [4.69, 9.17) is 0 Å². The molecular formula is C20H19N2O4-. The number of hydrogen-bond donors (Lipinski definition) is 1. The van der Waals surface area contributed by atoms with Crippen LogP contribution in [0.5, 0.6) is 0 Å². The summed E-state index contributed by atoms with van der Waals surface area (Å²) in [6, 6.07) is 11.5. The molecule has 0 aliphatic carbocycles. The lowest BCUT2D eigenvalue weighted by Gasteiger charge is -2.20. The summed E-state index contributed by atoms with van der Waals surface area (Å²) in [7, 11) is 0. The summed E-state index contributed by atoms with van der Waals surface area (Å²) in [5, 5.41) is 13.5. The van der Waals surface area contributed by atoms with Crippen molar-refractivity contribution in [2.75, 3.05) is 16.8 Å². The van der Waals surface area contributed by atoms with Crippen LogP contribution in [0, 0.1) is 19.8 Å². The first-order valence-corrected chi connectivity index (χ1v) is 8.35. The molecule has 0 spiro atoms. The number of rotatable bonds is 4. The maximum atomic E-state index is 12.5. The van der Waals surface area contributed by atoms with Crippen LogP contribution in [0.25, 0.3) is 0 Å². The van der Waals surface area contributed by atoms with E-state index in [1.54, 1.807) is 4.90 Å². The van der Waals surface area contributed by atoms with Crippen molar-refractivity contribution in [3.63, 3.8) is 0 Å². The minimum absolute atomic E-state index is 0.0418. The lowest BCUT2D eigenvalue weighted by molar-refractivity contribution is -0.255. The Bertz CT molecular complexity index is 874. The fraction of sp³-hybridized carbons (Fsp3) is 0.250. The Morgan fingerprint density at radius 3 is 2.46 bits per heavy atom. The second-order valence-corrected chi connectivity index (χ2v) is 6.48. The van der Waals surface area contributed by atoms with Crippen LogP contribution in [0.4, 0.5) is 11.4 Å². The molecule has 0 bridgehead atoms. The highest BCUT2D eigenvalue weighted by Gasteiger charge is 2.35. The molecule has 0 saturated carbocycles. The van der Waals surface area contributed by atoms with E-state index in [0.717, 1.165) is 16.8 Å². The minimum atomic E-state index is -1.27. The van der Waals surface area contributed by atoms with Gasteiger partial charge in [-0.15, -0.1) is 0 Å². The van der Waals surface area contributed by atoms with Crippen LogP contribution in [-0.4, -0.2) is 24.3 Å². The van der Waals surface area contributed by atoms with E-state index in [1.165, 1.54) is 24.3 Å². The molecule has 1 aliphatic heterocycles. The molecule has 1 atom stereocenters. The first-order valence-electron chi connectivity index (χ1n) is 8.35. The van der Waals surface area contributed by atoms with Gasteiger partial charge in [0.15, 0.2) is 0 Å². The molecule has 2 aromatic carbocycles. The second-order valence-electron chi connectivity index (χ2n) is 6.48. The van der Waals surface area contributed by atoms with Crippen molar-refractivity contribution < 1.29 is 19.5 Å². The number of benzene rings is 2. The number of carboxylic acid groups (broad SMARTS) is 1. The number of aromatic carboxylic acids is 1. The van der Waals surface area contributed by atoms with Crippen LogP contribution in [0.3, 0.4) is 0 Å². The monoisotopic (exact) mass is 351 g/mol. The van der Waals surface area contributed by atoms with Gasteiger partial charge in [0.25, 0.3) is 0 Å². The van der Waals surface area contributed by atoms with Crippen LogP contribution >= 0.6 is 0 Å². The average molecular weight is 351 g/mol. The SMILES string of the molecule is Cc1cccc(N2C[C@@H](C(=O)Nc3ccc(C(=O)[O-])cc3)CC2=O)c1C. The number of nitrogens with zero attached hydrogens (tertiary/aromatic N) is 1. The van der Waals surface area contributed by atoms with Crippen LogP contribution in [0.1, 0.15) is 27.9 Å². The number of carboxylic acids is 1. The molecule has 1 fully saturated rings. The van der Waals surface area contributed by atoms with Gasteiger partial charge in [-0.3, -0.25) is 9.59 Å². The number of amides is 2. The maximum absolute atomic E-state index is 12.5. The highest BCUT2D eigenvalue weighted by atomic mass is 16.4. The molecule has 1 saturated heterocycles. The fourth-order valence-electron chi connectivity index (χ4n) is 3.08. The number of aryl methyl sites for hydroxylation is 1. The lowest BCUT2D eigenvalue weighted by Crippen LogP contribution is -2.28. The van der Waals surface area contributed by atoms with E-state index >= 15 is 0 Å². The van der Waals surface area contributed by atoms with Crippen LogP contribution in [0.15, 0.2) is 42.5 Å². The van der Waals surface area contributed by atoms with Crippen molar-refractivity contribution in [3.05, 3.63) is 59.2 Å². The van der Waals surface area contributed by atoms with E-state index in [9.17, 15) is 19.5 Å². The van der Waals surface area contributed by atoms with Crippen molar-refractivity contribution >= 4 is 29.2 Å². The van der Waals surface area contributed by atoms with Gasteiger partial charge >= 0.3 is 0 Å². The maximum Gasteiger partial charge on any atom is 0.229 e. The van der Waals surface area contributed by atoms with Crippen LogP contribution in [-0.2, 0) is 9.59 Å². The summed E-state index contributed by atoms with van der Waals surface area (Å²) in [6.45, 7) is 4.27. The Hall–Kier alpha value is -3.15. The highest BCUT2D eigenvalue weighted by Crippen LogP contribution is 2.30. The van der Waals surface area contributed by atoms with E-state index in [0.29, 0.717) is 12.2 Å². The number of nitrogens with one attached hydrogen (secondary N) is 1. The summed E-state index contributed by atoms with van der Waals surface area (Å²) in [6.07, 6.45) is 0.149. The molecule has 134 valence electrons. The predicted octanol–water partition coefficient (Wildman–Crippen LogP) is 1.66. The second kappa shape index (κ2) is 7.00. The Kier molecular flexibility index (Phi) is 4.75. The van der Waals surface area contributed by atoms with Crippen LogP contribution < -0.4 is 15.3 Å². The Labute approximate surface area is 151 Å². The zero-order valence-electron chi connectivity index (χ0n) is 14.6. The lowest BCUT2D eigenvalue weighted by atomic mass is 10.1. The summed E-state index contributed by atoms with van der Waals surface area (Å²) >= 11 is 0. The van der Waals surface area contributed by atoms with E-state index in [1.807, 2.05) is 32.0 Å². The van der Waals surface area contributed by atoms with Crippen LogP contribution in [0.2, 0.25) is 0 Å². The molecule has 26 heavy (non-hydrogen) atoms. The fourth-order valence-corrected chi connectivity index (χ4v) is 3.08. The third kappa shape index (κ3) is 3.44. The number of carbonyl (C=O) groups excluding carboxylic acids is 3. The van der Waals surface area contributed by atoms with Gasteiger partial charge in [-0.2, -0.15) is 0 Å². The van der Waals surface area contributed by atoms with Gasteiger partial charge in [0.2, 0.25) is 11.8 Å². The van der Waals surface area contributed by atoms with Gasteiger partial charge in [-0.25, -0.2) is 0 Å². The normalized spacial score (nSPS) is 16.6. The zero-order valence-corrected chi connectivity index (χ0v) is 14.6. The Morgan fingerprint density at radius 2 is 1.81 bits per heavy atom. The third-order valence-electron chi connectivity index (χ3n) is 4.75. The number of hydrogen-bond acceptors (Lipinski definition) is 4. The minimum Gasteiger partial charge on any atom is -0.545 e. The summed E-state index contributed by atoms with van der Waals surface area (Å²) in [5.41, 5.74) is 3.48. The standard InChI is InChI=1S/C20H20N2O4/c1-12-4-3-5-17(13(12)2)22-11-15(10-18(22)23)19(24)21-16-8-6-14(7-9-16)20(25)26/h3-9,15H,10-11H2,1-2H3,(H,21,24)(H,25,26)/p-1/t15-/m0/s1. The molecule has 1 aliphatic rings. The largest absolute Gasteiger partial charge is 0.545 e. The third-order valence-corrected chi connectivity index (χ3v) is 4.75. The van der Waals surface area contributed by atoms with Gasteiger partial charge in [0.05, 0.1) is 11.9 Å². The first-order chi connectivity index (χ1) is 12.4. The van der Waals surface area contributed by atoms with Gasteiger partial charge in [-0.05, 0) is 48.7 Å². The quantitative estimate of drug-likeness (QED) is 0.907. The smallest absolute Gasteiger partial charge is 0.229 e. The number of anilines is 2. The molecule has 0 aromatic heterocycles. The number of carbonyl (C=O) groups is 3. The van der Waals surface area contributed by atoms with Gasteiger partial charge < -0.3 is 20.1 Å². The molecule has 1 N–H and O–H groups in total. The summed E-state index contributed by atoms with van der Waals surface area (Å²) in [5.74, 6) is -2.06. The predicted molar refractivity (Wildman–Crippen MR) is 95.8 cm³/mol. The molecule has 2 aromatic rings. The molecule has 6 heteroatoms. The molecule has 3 rings (SSSR count). The van der Waals surface area contributed by atoms with Gasteiger partial charge in [0, 0.05) is 24.3 Å². The molecule has 6 nitrogen and oxygen atoms in total. The van der Waals surface area contributed by atoms with E-state index < -0.39 is 11.9 Å². The topological polar surface area (TPSA) is 89.5 Å². The van der Waals surface area contributed by atoms with Crippen molar-refractivity contribution in [1.82, 2.24) is 0 Å². The Morgan fingerprint density at radius 1 is 1.12 bits per heavy atom. The molecule has 0 unspecified atom stereocenters. The average Bonchev–Trinajstić information content (AvgIpc) is 2.99. The van der Waals surface area contributed by atoms with Crippen molar-refractivity contribution in [1.29, 1.82) is 0 Å². The van der Waals surface area contributed by atoms with Crippen molar-refractivity contribution in [3.8, 4) is 0 Å². The van der Waals surface area contributed by atoms with Crippen molar-refractivity contribution in [2.45, 2.75) is 20.3 Å². The molecule has 0 radical (unpaired) electrons. The van der Waals surface area contributed by atoms with Gasteiger partial charge in [-0.1, -0.05) is 24.3 Å². The molecular weight excluding hydrogens is 332 g/mol. The van der Waals surface area contributed by atoms with E-state index in [-0.39, 0.29) is 23.8 Å². The first kappa shape index (κ1) is 17.7. The summed E-state index contributed by atoms with van der Waals surface area (Å²) in [4.78, 5) is 37.3. The Balaban J connectivity index is 1.71. The van der Waals surface area contributed by atoms with Gasteiger partial charge in [0.1, 0.15) is 0 Å². The molecule has 1 heterocycles. The molecule has 2 amide bonds. The van der Waals surface area contributed by atoms with Crippen molar-refractivity contribution in [2.24, 2.45) is 5.92 Å². The zero-order chi connectivity index (χ0) is 18.8. The highest BCUT2D eigenvalue weighted by molar-refractivity contribution is 6.04. The summed E-state index contributed by atoms with van der Waals surface area (Å²) < 4.78 is 0.